The van der Waals surface area contributed by atoms with Crippen LogP contribution in [0.25, 0.3) is 11.1 Å². The molecule has 0 aliphatic carbocycles. The number of aliphatic carboxylic acids is 1. The van der Waals surface area contributed by atoms with Crippen molar-refractivity contribution in [3.8, 4) is 16.9 Å². The zero-order valence-electron chi connectivity index (χ0n) is 14.4. The number of nitrogens with two attached hydrogens (primary N) is 1. The van der Waals surface area contributed by atoms with E-state index >= 15 is 0 Å². The third-order valence-electron chi connectivity index (χ3n) is 3.68. The Bertz CT molecular complexity index is 788. The molecule has 0 saturated carbocycles. The molecule has 0 fully saturated rings. The van der Waals surface area contributed by atoms with Gasteiger partial charge in [-0.1, -0.05) is 30.3 Å². The van der Waals surface area contributed by atoms with E-state index in [4.69, 9.17) is 15.6 Å². The number of ether oxygens (including phenoxy) is 1. The first kappa shape index (κ1) is 19.8. The second kappa shape index (κ2) is 7.78. The van der Waals surface area contributed by atoms with Gasteiger partial charge in [0, 0.05) is 0 Å². The maximum Gasteiger partial charge on any atom is 0.419 e. The molecule has 140 valence electrons. The Kier molecular flexibility index (Phi) is 5.92. The fraction of sp³-hybridized carbons (Fsp3) is 0.316. The second-order valence-corrected chi connectivity index (χ2v) is 6.22. The Morgan fingerprint density at radius 1 is 1.15 bits per heavy atom. The predicted molar refractivity (Wildman–Crippen MR) is 92.0 cm³/mol. The van der Waals surface area contributed by atoms with Gasteiger partial charge in [0.25, 0.3) is 0 Å². The van der Waals surface area contributed by atoms with Crippen molar-refractivity contribution in [3.05, 3.63) is 53.6 Å². The summed E-state index contributed by atoms with van der Waals surface area (Å²) < 4.78 is 45.4. The zero-order chi connectivity index (χ0) is 19.5. The van der Waals surface area contributed by atoms with Crippen LogP contribution in [0.5, 0.6) is 5.75 Å². The first-order valence-corrected chi connectivity index (χ1v) is 8.03. The number of rotatable bonds is 6. The van der Waals surface area contributed by atoms with Gasteiger partial charge in [-0.25, -0.2) is 0 Å². The van der Waals surface area contributed by atoms with Crippen molar-refractivity contribution in [2.24, 2.45) is 5.73 Å². The lowest BCUT2D eigenvalue weighted by Gasteiger charge is -2.17. The molecular formula is C19H20F3NO3. The summed E-state index contributed by atoms with van der Waals surface area (Å²) in [6, 6.07) is 9.46. The summed E-state index contributed by atoms with van der Waals surface area (Å²) in [5.41, 5.74) is 6.21. The molecule has 3 N–H and O–H groups in total. The summed E-state index contributed by atoms with van der Waals surface area (Å²) in [7, 11) is 0. The summed E-state index contributed by atoms with van der Waals surface area (Å²) in [6.45, 7) is 3.31. The number of benzene rings is 2. The quantitative estimate of drug-likeness (QED) is 0.806. The summed E-state index contributed by atoms with van der Waals surface area (Å²) in [5.74, 6) is -1.36. The minimum atomic E-state index is -4.55. The van der Waals surface area contributed by atoms with Crippen molar-refractivity contribution in [1.29, 1.82) is 0 Å². The minimum absolute atomic E-state index is 0.0871. The highest BCUT2D eigenvalue weighted by Gasteiger charge is 2.35. The van der Waals surface area contributed by atoms with Crippen LogP contribution in [0.1, 0.15) is 25.0 Å². The maximum absolute atomic E-state index is 13.4. The SMILES string of the molecule is CC(C)Oc1ccc(-c2cccc(C[C@H](N)C(=O)O)c2)cc1C(F)(F)F. The third-order valence-corrected chi connectivity index (χ3v) is 3.68. The number of carboxylic acids is 1. The van der Waals surface area contributed by atoms with Gasteiger partial charge in [-0.15, -0.1) is 0 Å². The van der Waals surface area contributed by atoms with Crippen molar-refractivity contribution in [1.82, 2.24) is 0 Å². The molecule has 2 rings (SSSR count). The topological polar surface area (TPSA) is 72.5 Å². The van der Waals surface area contributed by atoms with E-state index in [9.17, 15) is 18.0 Å². The monoisotopic (exact) mass is 367 g/mol. The third kappa shape index (κ3) is 4.98. The smallest absolute Gasteiger partial charge is 0.419 e. The highest BCUT2D eigenvalue weighted by molar-refractivity contribution is 5.74. The molecule has 0 aromatic heterocycles. The molecule has 2 aromatic rings. The number of hydrogen-bond acceptors (Lipinski definition) is 3. The first-order chi connectivity index (χ1) is 12.1. The van der Waals surface area contributed by atoms with Gasteiger partial charge >= 0.3 is 12.1 Å². The van der Waals surface area contributed by atoms with Crippen LogP contribution in [0.2, 0.25) is 0 Å². The molecule has 0 saturated heterocycles. The summed E-state index contributed by atoms with van der Waals surface area (Å²) in [4.78, 5) is 10.9. The lowest BCUT2D eigenvalue weighted by molar-refractivity contribution is -0.139. The summed E-state index contributed by atoms with van der Waals surface area (Å²) in [6.07, 6.45) is -4.85. The second-order valence-electron chi connectivity index (χ2n) is 6.22. The predicted octanol–water partition coefficient (Wildman–Crippen LogP) is 4.11. The van der Waals surface area contributed by atoms with E-state index < -0.39 is 23.8 Å². The van der Waals surface area contributed by atoms with Crippen molar-refractivity contribution >= 4 is 5.97 Å². The zero-order valence-corrected chi connectivity index (χ0v) is 14.4. The molecule has 0 aliphatic rings. The normalized spacial score (nSPS) is 12.9. The molecule has 26 heavy (non-hydrogen) atoms. The summed E-state index contributed by atoms with van der Waals surface area (Å²) in [5, 5.41) is 8.89. The molecule has 0 amide bonds. The van der Waals surface area contributed by atoms with Gasteiger partial charge in [-0.2, -0.15) is 13.2 Å². The van der Waals surface area contributed by atoms with Crippen LogP contribution in [0.4, 0.5) is 13.2 Å². The van der Waals surface area contributed by atoms with Gasteiger partial charge in [0.15, 0.2) is 0 Å². The molecule has 4 nitrogen and oxygen atoms in total. The number of carboxylic acid groups (broad SMARTS) is 1. The van der Waals surface area contributed by atoms with E-state index in [1.54, 1.807) is 44.2 Å². The van der Waals surface area contributed by atoms with Gasteiger partial charge < -0.3 is 15.6 Å². The fourth-order valence-corrected chi connectivity index (χ4v) is 2.51. The highest BCUT2D eigenvalue weighted by atomic mass is 19.4. The van der Waals surface area contributed by atoms with E-state index in [2.05, 4.69) is 0 Å². The molecule has 0 unspecified atom stereocenters. The lowest BCUT2D eigenvalue weighted by Crippen LogP contribution is -2.32. The minimum Gasteiger partial charge on any atom is -0.490 e. The van der Waals surface area contributed by atoms with E-state index in [0.717, 1.165) is 6.07 Å². The Balaban J connectivity index is 2.41. The molecule has 1 atom stereocenters. The van der Waals surface area contributed by atoms with Crippen LogP contribution in [0, 0.1) is 0 Å². The van der Waals surface area contributed by atoms with Crippen molar-refractivity contribution in [3.63, 3.8) is 0 Å². The van der Waals surface area contributed by atoms with Gasteiger partial charge in [0.2, 0.25) is 0 Å². The molecule has 0 radical (unpaired) electrons. The molecular weight excluding hydrogens is 347 g/mol. The van der Waals surface area contributed by atoms with E-state index in [0.29, 0.717) is 16.7 Å². The average molecular weight is 367 g/mol. The van der Waals surface area contributed by atoms with Gasteiger partial charge in [0.05, 0.1) is 11.7 Å². The van der Waals surface area contributed by atoms with Crippen molar-refractivity contribution in [2.45, 2.75) is 38.6 Å². The Labute approximate surface area is 149 Å². The fourth-order valence-electron chi connectivity index (χ4n) is 2.51. The van der Waals surface area contributed by atoms with Crippen LogP contribution in [0.3, 0.4) is 0 Å². The van der Waals surface area contributed by atoms with Crippen LogP contribution in [0.15, 0.2) is 42.5 Å². The van der Waals surface area contributed by atoms with E-state index in [1.165, 1.54) is 6.07 Å². The van der Waals surface area contributed by atoms with Crippen LogP contribution < -0.4 is 10.5 Å². The molecule has 7 heteroatoms. The highest BCUT2D eigenvalue weighted by Crippen LogP contribution is 2.39. The first-order valence-electron chi connectivity index (χ1n) is 8.03. The largest absolute Gasteiger partial charge is 0.490 e. The van der Waals surface area contributed by atoms with Gasteiger partial charge in [-0.3, -0.25) is 4.79 Å². The Morgan fingerprint density at radius 3 is 2.38 bits per heavy atom. The van der Waals surface area contributed by atoms with Gasteiger partial charge in [-0.05, 0) is 49.1 Å². The van der Waals surface area contributed by atoms with Crippen LogP contribution in [-0.2, 0) is 17.4 Å². The number of alkyl halides is 3. The lowest BCUT2D eigenvalue weighted by atomic mass is 9.98. The molecule has 0 bridgehead atoms. The van der Waals surface area contributed by atoms with E-state index in [1.807, 2.05) is 0 Å². The average Bonchev–Trinajstić information content (AvgIpc) is 2.53. The maximum atomic E-state index is 13.4. The molecule has 2 aromatic carbocycles. The van der Waals surface area contributed by atoms with Crippen LogP contribution in [-0.4, -0.2) is 23.2 Å². The number of hydrogen-bond donors (Lipinski definition) is 2. The van der Waals surface area contributed by atoms with Crippen molar-refractivity contribution in [2.75, 3.05) is 0 Å². The van der Waals surface area contributed by atoms with E-state index in [-0.39, 0.29) is 18.3 Å². The Morgan fingerprint density at radius 2 is 1.81 bits per heavy atom. The number of carbonyl (C=O) groups is 1. The standard InChI is InChI=1S/C19H20F3NO3/c1-11(2)26-17-7-6-14(10-15(17)19(20,21)22)13-5-3-4-12(8-13)9-16(23)18(24)25/h3-8,10-11,16H,9,23H2,1-2H3,(H,24,25)/t16-/m0/s1. The molecule has 0 aliphatic heterocycles. The van der Waals surface area contributed by atoms with Gasteiger partial charge in [0.1, 0.15) is 11.8 Å². The summed E-state index contributed by atoms with van der Waals surface area (Å²) >= 11 is 0. The number of halogens is 3. The van der Waals surface area contributed by atoms with Crippen LogP contribution >= 0.6 is 0 Å². The van der Waals surface area contributed by atoms with Crippen molar-refractivity contribution < 1.29 is 27.8 Å². The molecule has 0 spiro atoms. The Hall–Kier alpha value is -2.54. The molecule has 0 heterocycles.